The summed E-state index contributed by atoms with van der Waals surface area (Å²) in [6.45, 7) is 0. The first-order valence-corrected chi connectivity index (χ1v) is 7.40. The van der Waals surface area contributed by atoms with Crippen molar-refractivity contribution in [1.82, 2.24) is 14.8 Å². The van der Waals surface area contributed by atoms with Crippen LogP contribution in [-0.2, 0) is 13.5 Å². The number of aryl methyl sites for hydroxylation is 2. The molecule has 0 fully saturated rings. The lowest BCUT2D eigenvalue weighted by Gasteiger charge is -2.24. The van der Waals surface area contributed by atoms with Crippen molar-refractivity contribution >= 4 is 16.7 Å². The number of hydrogen-bond donors (Lipinski definition) is 1. The number of aromatic nitrogens is 3. The van der Waals surface area contributed by atoms with Crippen molar-refractivity contribution < 1.29 is 0 Å². The van der Waals surface area contributed by atoms with Gasteiger partial charge in [0.25, 0.3) is 0 Å². The summed E-state index contributed by atoms with van der Waals surface area (Å²) in [5.41, 5.74) is 11.0. The normalized spacial score (nSPS) is 17.9. The van der Waals surface area contributed by atoms with E-state index in [1.807, 2.05) is 17.8 Å². The number of nitrogens with two attached hydrogens (primary N) is 1. The van der Waals surface area contributed by atoms with Gasteiger partial charge in [-0.1, -0.05) is 24.3 Å². The Bertz CT molecular complexity index is 819. The van der Waals surface area contributed by atoms with Crippen LogP contribution < -0.4 is 5.73 Å². The zero-order valence-corrected chi connectivity index (χ0v) is 12.1. The van der Waals surface area contributed by atoms with Gasteiger partial charge in [0.2, 0.25) is 0 Å². The molecule has 0 saturated carbocycles. The first-order chi connectivity index (χ1) is 10.3. The van der Waals surface area contributed by atoms with Crippen LogP contribution >= 0.6 is 0 Å². The fourth-order valence-electron chi connectivity index (χ4n) is 3.58. The van der Waals surface area contributed by atoms with Crippen LogP contribution in [-0.4, -0.2) is 14.8 Å². The Balaban J connectivity index is 1.95. The van der Waals surface area contributed by atoms with Gasteiger partial charge in [-0.05, 0) is 36.5 Å². The topological polar surface area (TPSA) is 56.7 Å². The lowest BCUT2D eigenvalue weighted by molar-refractivity contribution is 0.596. The third-order valence-corrected chi connectivity index (χ3v) is 4.51. The van der Waals surface area contributed by atoms with Crippen LogP contribution in [0.2, 0.25) is 0 Å². The van der Waals surface area contributed by atoms with Gasteiger partial charge in [0, 0.05) is 24.5 Å². The van der Waals surface area contributed by atoms with E-state index in [4.69, 9.17) is 10.8 Å². The highest BCUT2D eigenvalue weighted by atomic mass is 15.3. The van der Waals surface area contributed by atoms with Crippen molar-refractivity contribution in [3.05, 3.63) is 53.3 Å². The smallest absolute Gasteiger partial charge is 0.149 e. The summed E-state index contributed by atoms with van der Waals surface area (Å²) >= 11 is 0. The van der Waals surface area contributed by atoms with Gasteiger partial charge < -0.3 is 5.73 Å². The molecule has 2 N–H and O–H groups in total. The van der Waals surface area contributed by atoms with Crippen LogP contribution in [0, 0.1) is 0 Å². The van der Waals surface area contributed by atoms with Crippen molar-refractivity contribution in [3.63, 3.8) is 0 Å². The molecule has 0 saturated heterocycles. The molecule has 1 aliphatic carbocycles. The van der Waals surface area contributed by atoms with Gasteiger partial charge >= 0.3 is 0 Å². The second-order valence-corrected chi connectivity index (χ2v) is 5.74. The van der Waals surface area contributed by atoms with Gasteiger partial charge in [-0.15, -0.1) is 0 Å². The number of fused-ring (bicyclic) bond motifs is 2. The fourth-order valence-corrected chi connectivity index (χ4v) is 3.58. The van der Waals surface area contributed by atoms with E-state index in [2.05, 4.69) is 29.2 Å². The summed E-state index contributed by atoms with van der Waals surface area (Å²) in [5, 5.41) is 5.90. The number of anilines is 1. The van der Waals surface area contributed by atoms with Crippen molar-refractivity contribution in [2.24, 2.45) is 7.05 Å². The molecule has 1 unspecified atom stereocenters. The maximum Gasteiger partial charge on any atom is 0.149 e. The lowest BCUT2D eigenvalue weighted by atomic mass is 9.80. The minimum absolute atomic E-state index is 0.362. The molecule has 21 heavy (non-hydrogen) atoms. The fraction of sp³-hybridized carbons (Fsp3) is 0.294. The van der Waals surface area contributed by atoms with Gasteiger partial charge in [0.05, 0.1) is 5.69 Å². The molecule has 1 aromatic carbocycles. The Morgan fingerprint density at radius 2 is 2.10 bits per heavy atom. The maximum atomic E-state index is 6.02. The SMILES string of the molecule is Cn1nc(C2CCCc3ccccc32)c2ccnc(N)c21. The van der Waals surface area contributed by atoms with Crippen LogP contribution in [0.15, 0.2) is 36.5 Å². The molecule has 0 spiro atoms. The summed E-state index contributed by atoms with van der Waals surface area (Å²) in [6, 6.07) is 10.8. The van der Waals surface area contributed by atoms with Crippen LogP contribution in [0.3, 0.4) is 0 Å². The molecular formula is C17H18N4. The van der Waals surface area contributed by atoms with E-state index in [1.54, 1.807) is 6.20 Å². The molecule has 0 radical (unpaired) electrons. The Kier molecular flexibility index (Phi) is 2.70. The summed E-state index contributed by atoms with van der Waals surface area (Å²) in [6.07, 6.45) is 5.30. The van der Waals surface area contributed by atoms with Crippen LogP contribution in [0.5, 0.6) is 0 Å². The summed E-state index contributed by atoms with van der Waals surface area (Å²) in [7, 11) is 1.94. The predicted octanol–water partition coefficient (Wildman–Crippen LogP) is 3.02. The van der Waals surface area contributed by atoms with Gasteiger partial charge in [0.15, 0.2) is 0 Å². The Morgan fingerprint density at radius 1 is 1.24 bits per heavy atom. The highest BCUT2D eigenvalue weighted by Gasteiger charge is 2.26. The molecule has 1 atom stereocenters. The molecule has 0 aliphatic heterocycles. The molecule has 3 aromatic rings. The lowest BCUT2D eigenvalue weighted by Crippen LogP contribution is -2.11. The molecule has 0 amide bonds. The summed E-state index contributed by atoms with van der Waals surface area (Å²) < 4.78 is 1.87. The van der Waals surface area contributed by atoms with E-state index < -0.39 is 0 Å². The number of nitrogen functional groups attached to an aromatic ring is 1. The largest absolute Gasteiger partial charge is 0.382 e. The third kappa shape index (κ3) is 1.82. The highest BCUT2D eigenvalue weighted by Crippen LogP contribution is 2.39. The van der Waals surface area contributed by atoms with Crippen molar-refractivity contribution in [1.29, 1.82) is 0 Å². The Hall–Kier alpha value is -2.36. The van der Waals surface area contributed by atoms with E-state index in [1.165, 1.54) is 24.0 Å². The summed E-state index contributed by atoms with van der Waals surface area (Å²) in [4.78, 5) is 4.19. The monoisotopic (exact) mass is 278 g/mol. The molecule has 4 heteroatoms. The number of benzene rings is 1. The van der Waals surface area contributed by atoms with E-state index >= 15 is 0 Å². The van der Waals surface area contributed by atoms with E-state index in [-0.39, 0.29) is 0 Å². The number of pyridine rings is 1. The second kappa shape index (κ2) is 4.58. The summed E-state index contributed by atoms with van der Waals surface area (Å²) in [5.74, 6) is 0.915. The minimum Gasteiger partial charge on any atom is -0.382 e. The molecule has 2 aromatic heterocycles. The standard InChI is InChI=1S/C17H18N4/c1-21-16-14(9-10-19-17(16)18)15(20-21)13-8-4-6-11-5-2-3-7-12(11)13/h2-3,5,7,9-10,13H,4,6,8H2,1H3,(H2,18,19). The van der Waals surface area contributed by atoms with Gasteiger partial charge in [-0.25, -0.2) is 4.98 Å². The van der Waals surface area contributed by atoms with Gasteiger partial charge in [-0.2, -0.15) is 5.10 Å². The van der Waals surface area contributed by atoms with Crippen LogP contribution in [0.25, 0.3) is 10.9 Å². The first kappa shape index (κ1) is 12.4. The second-order valence-electron chi connectivity index (χ2n) is 5.74. The van der Waals surface area contributed by atoms with Crippen LogP contribution in [0.4, 0.5) is 5.82 Å². The minimum atomic E-state index is 0.362. The van der Waals surface area contributed by atoms with Gasteiger partial charge in [0.1, 0.15) is 11.3 Å². The average molecular weight is 278 g/mol. The Morgan fingerprint density at radius 3 is 3.00 bits per heavy atom. The number of hydrogen-bond acceptors (Lipinski definition) is 3. The molecule has 2 heterocycles. The highest BCUT2D eigenvalue weighted by molar-refractivity contribution is 5.90. The number of nitrogens with zero attached hydrogens (tertiary/aromatic N) is 3. The molecular weight excluding hydrogens is 260 g/mol. The zero-order valence-electron chi connectivity index (χ0n) is 12.1. The maximum absolute atomic E-state index is 6.02. The molecule has 4 nitrogen and oxygen atoms in total. The van der Waals surface area contributed by atoms with Crippen molar-refractivity contribution in [2.75, 3.05) is 5.73 Å². The molecule has 1 aliphatic rings. The number of rotatable bonds is 1. The molecule has 4 rings (SSSR count). The van der Waals surface area contributed by atoms with Crippen LogP contribution in [0.1, 0.15) is 35.6 Å². The first-order valence-electron chi connectivity index (χ1n) is 7.40. The average Bonchev–Trinajstić information content (AvgIpc) is 2.85. The third-order valence-electron chi connectivity index (χ3n) is 4.51. The van der Waals surface area contributed by atoms with Crippen molar-refractivity contribution in [3.8, 4) is 0 Å². The predicted molar refractivity (Wildman–Crippen MR) is 84.1 cm³/mol. The van der Waals surface area contributed by atoms with Gasteiger partial charge in [-0.3, -0.25) is 4.68 Å². The van der Waals surface area contributed by atoms with Crippen molar-refractivity contribution in [2.45, 2.75) is 25.2 Å². The molecule has 0 bridgehead atoms. The van der Waals surface area contributed by atoms with E-state index in [9.17, 15) is 0 Å². The quantitative estimate of drug-likeness (QED) is 0.744. The van der Waals surface area contributed by atoms with E-state index in [0.717, 1.165) is 23.0 Å². The Labute approximate surface area is 123 Å². The zero-order chi connectivity index (χ0) is 14.4. The van der Waals surface area contributed by atoms with E-state index in [0.29, 0.717) is 11.7 Å². The molecule has 106 valence electrons.